The lowest BCUT2D eigenvalue weighted by Gasteiger charge is -2.30. The molecule has 3 aromatic carbocycles. The third-order valence-electron chi connectivity index (χ3n) is 19.7. The number of H-pyrrole nitrogens is 1. The number of aliphatic carboxylic acids is 1. The highest BCUT2D eigenvalue weighted by atomic mass is 16.4. The van der Waals surface area contributed by atoms with E-state index in [4.69, 9.17) is 22.9 Å². The summed E-state index contributed by atoms with van der Waals surface area (Å²) in [6.45, 7) is 7.90. The number of phenolic OH excluding ortho intramolecular Hbond substituents is 1. The van der Waals surface area contributed by atoms with Crippen LogP contribution in [0.1, 0.15) is 122 Å². The van der Waals surface area contributed by atoms with E-state index in [1.54, 1.807) is 82.4 Å². The molecule has 4 aromatic rings. The predicted molar refractivity (Wildman–Crippen MR) is 414 cm³/mol. The number of phenols is 1. The van der Waals surface area contributed by atoms with Gasteiger partial charge in [-0.25, -0.2) is 4.79 Å². The molecule has 2 fully saturated rings. The van der Waals surface area contributed by atoms with E-state index in [1.165, 1.54) is 43.0 Å². The van der Waals surface area contributed by atoms with Crippen LogP contribution in [0.2, 0.25) is 0 Å². The minimum Gasteiger partial charge on any atom is -0.508 e. The van der Waals surface area contributed by atoms with Gasteiger partial charge in [0.05, 0.1) is 26.0 Å². The number of aromatic amines is 1. The number of aromatic hydroxyl groups is 1. The summed E-state index contributed by atoms with van der Waals surface area (Å²) < 4.78 is 0. The maximum atomic E-state index is 14.5. The van der Waals surface area contributed by atoms with Gasteiger partial charge in [-0.3, -0.25) is 77.2 Å². The van der Waals surface area contributed by atoms with Crippen LogP contribution in [0.5, 0.6) is 5.75 Å². The minimum atomic E-state index is -1.75. The summed E-state index contributed by atoms with van der Waals surface area (Å²) in [7, 11) is 0. The Morgan fingerprint density at radius 3 is 1.64 bits per heavy atom. The molecule has 2 aliphatic heterocycles. The maximum Gasteiger partial charge on any atom is 0.326 e. The average Bonchev–Trinajstić information content (AvgIpc) is 1.73. The number of aliphatic hydroxyl groups is 1. The number of primary amides is 2. The fourth-order valence-corrected chi connectivity index (χ4v) is 13.2. The van der Waals surface area contributed by atoms with Crippen LogP contribution in [-0.4, -0.2) is 242 Å². The molecule has 0 spiro atoms. The number of hydrogen-bond acceptors (Lipinski definition) is 21. The largest absolute Gasteiger partial charge is 0.508 e. The van der Waals surface area contributed by atoms with Crippen LogP contribution < -0.4 is 92.5 Å². The van der Waals surface area contributed by atoms with Crippen molar-refractivity contribution in [2.24, 2.45) is 34.8 Å². The number of carboxylic acid groups (broad SMARTS) is 1. The van der Waals surface area contributed by atoms with E-state index in [9.17, 15) is 92.0 Å². The van der Waals surface area contributed by atoms with E-state index >= 15 is 0 Å². The SMILES string of the molecule is CC[C@H](C)[C@H](NC(=O)[C@@H]1CCCN1C(=O)CNC(=O)[C@H](CC(N)=O)NC(=O)[C@@H]1CCCN1C(=O)[C@H](CO)NC(=O)[C@H](Cc1ccccc1)NC(=O)[C@H](CC(C)C)NC(=O)[C@H](Cc1ccc(O)cc1)NC(=O)[C@@H]([NH3+])CC(N)=O)C(=O)N[C@@H](C)C(=O)N[C@@H](CCCNC(N)N)C(=O)N[C@@H](C)C(=O)N[C@@H](Cc1c[nH]c2ccccc12)C(=O)O. The number of amides is 15. The molecule has 115 heavy (non-hydrogen) atoms. The summed E-state index contributed by atoms with van der Waals surface area (Å²) in [4.78, 5) is 224. The van der Waals surface area contributed by atoms with Gasteiger partial charge in [0.1, 0.15) is 84.5 Å². The molecule has 2 aliphatic rings. The van der Waals surface area contributed by atoms with Crippen LogP contribution in [0.3, 0.4) is 0 Å². The number of aromatic nitrogens is 1. The van der Waals surface area contributed by atoms with Crippen LogP contribution in [0, 0.1) is 11.8 Å². The number of quaternary nitrogens is 1. The molecule has 0 saturated carbocycles. The monoisotopic (exact) mass is 1610 g/mol. The first-order valence-electron chi connectivity index (χ1n) is 38.2. The van der Waals surface area contributed by atoms with Crippen molar-refractivity contribution in [3.05, 3.63) is 102 Å². The van der Waals surface area contributed by atoms with Gasteiger partial charge < -0.3 is 117 Å². The zero-order valence-electron chi connectivity index (χ0n) is 65.3. The first-order valence-corrected chi connectivity index (χ1v) is 38.2. The molecule has 0 bridgehead atoms. The summed E-state index contributed by atoms with van der Waals surface area (Å²) >= 11 is 0. The molecule has 15 amide bonds. The number of benzene rings is 3. The Morgan fingerprint density at radius 1 is 0.548 bits per heavy atom. The molecular formula is C76H111N20O19+. The van der Waals surface area contributed by atoms with Crippen molar-refractivity contribution in [1.82, 2.24) is 78.6 Å². The van der Waals surface area contributed by atoms with E-state index in [0.29, 0.717) is 29.5 Å². The van der Waals surface area contributed by atoms with Gasteiger partial charge in [0.2, 0.25) is 82.7 Å². The molecule has 27 N–H and O–H groups in total. The molecular weight excluding hydrogens is 1500 g/mol. The van der Waals surface area contributed by atoms with Crippen LogP contribution >= 0.6 is 0 Å². The number of hydrogen-bond donors (Lipinski definition) is 21. The molecule has 3 heterocycles. The number of rotatable bonds is 45. The molecule has 1 aromatic heterocycles. The Morgan fingerprint density at radius 2 is 1.06 bits per heavy atom. The zero-order chi connectivity index (χ0) is 84.9. The van der Waals surface area contributed by atoms with Gasteiger partial charge in [-0.2, -0.15) is 0 Å². The molecule has 39 nitrogen and oxygen atoms in total. The number of aliphatic hydroxyl groups excluding tert-OH is 1. The molecule has 6 rings (SSSR count). The summed E-state index contributed by atoms with van der Waals surface area (Å²) in [5, 5.41) is 62.3. The number of fused-ring (bicyclic) bond motifs is 1. The number of nitrogens with one attached hydrogen (secondary N) is 13. The van der Waals surface area contributed by atoms with E-state index in [0.717, 1.165) is 15.8 Å². The predicted octanol–water partition coefficient (Wildman–Crippen LogP) is -6.01. The quantitative estimate of drug-likeness (QED) is 0.0145. The highest BCUT2D eigenvalue weighted by Gasteiger charge is 2.43. The number of carboxylic acids is 1. The lowest BCUT2D eigenvalue weighted by atomic mass is 9.97. The summed E-state index contributed by atoms with van der Waals surface area (Å²) in [5.74, 6) is -15.5. The van der Waals surface area contributed by atoms with E-state index in [-0.39, 0.29) is 89.1 Å². The van der Waals surface area contributed by atoms with Gasteiger partial charge in [-0.15, -0.1) is 0 Å². The number of carbonyl (C=O) groups excluding carboxylic acids is 15. The van der Waals surface area contributed by atoms with E-state index in [1.807, 2.05) is 6.07 Å². The Kier molecular flexibility index (Phi) is 35.8. The van der Waals surface area contributed by atoms with Crippen molar-refractivity contribution in [3.63, 3.8) is 0 Å². The number of nitrogens with two attached hydrogens (primary N) is 4. The third kappa shape index (κ3) is 28.4. The van der Waals surface area contributed by atoms with Crippen molar-refractivity contribution in [1.29, 1.82) is 0 Å². The number of para-hydroxylation sites is 1. The van der Waals surface area contributed by atoms with Crippen molar-refractivity contribution in [2.75, 3.05) is 32.8 Å². The van der Waals surface area contributed by atoms with Gasteiger partial charge in [-0.1, -0.05) is 94.8 Å². The standard InChI is InChI=1S/C76H110N20O19/c1-7-40(4)62(73(112)86-42(6)63(102)87-50(20-13-27-82-76(80)81)67(106)85-41(5)64(103)92-55(75(114)115)33-45-36-83-49-19-12-11-18-47(45)49)94-72(111)57-21-14-28-95(57)61(101)37-84-66(105)54(35-60(79)100)91-71(110)58-22-15-29-96(58)74(113)56(38-97)93-70(109)53(31-43-16-9-8-10-17-43)90-68(107)51(30-39(2)3)89-69(108)52(32-44-23-25-46(98)26-24-44)88-65(104)48(77)34-59(78)99/h8-12,16-19,23-26,36,39-42,48,50-58,62,76,82-83,97-98H,7,13-15,20-22,27-35,37-38,77,80-81H2,1-6H3,(H2,78,99)(H2,79,100)(H,84,105)(H,85,106)(H,86,112)(H,87,102)(H,88,104)(H,89,108)(H,90,107)(H,91,110)(H,92,103)(H,93,109)(H,94,111)(H,114,115)/p+1/t40-,41-,42-,48-,50-,51-,52-,53-,54-,55-,56-,57-,58-,62-/m0/s1. The van der Waals surface area contributed by atoms with Crippen molar-refractivity contribution >= 4 is 105 Å². The molecule has 39 heteroatoms. The topological polar surface area (TPSA) is 632 Å². The summed E-state index contributed by atoms with van der Waals surface area (Å²) in [5.41, 5.74) is 28.2. The Labute approximate surface area is 664 Å². The van der Waals surface area contributed by atoms with Crippen molar-refractivity contribution in [2.45, 2.75) is 210 Å². The summed E-state index contributed by atoms with van der Waals surface area (Å²) in [6, 6.07) is 3.21. The Hall–Kier alpha value is -11.7. The summed E-state index contributed by atoms with van der Waals surface area (Å²) in [6.07, 6.45) is 0.174. The third-order valence-corrected chi connectivity index (χ3v) is 19.7. The second-order valence-corrected chi connectivity index (χ2v) is 29.3. The van der Waals surface area contributed by atoms with E-state index in [2.05, 4.69) is 74.5 Å². The molecule has 2 saturated heterocycles. The highest BCUT2D eigenvalue weighted by Crippen LogP contribution is 2.24. The first-order chi connectivity index (χ1) is 54.5. The first kappa shape index (κ1) is 92.2. The van der Waals surface area contributed by atoms with Gasteiger partial charge in [0.15, 0.2) is 6.04 Å². The van der Waals surface area contributed by atoms with Crippen LogP contribution in [0.4, 0.5) is 0 Å². The molecule has 0 radical (unpaired) electrons. The van der Waals surface area contributed by atoms with Crippen molar-refractivity contribution < 1.29 is 97.8 Å². The average molecular weight is 1610 g/mol. The zero-order valence-corrected chi connectivity index (χ0v) is 65.3. The van der Waals surface area contributed by atoms with E-state index < -0.39 is 211 Å². The number of nitrogens with zero attached hydrogens (tertiary/aromatic N) is 2. The highest BCUT2D eigenvalue weighted by molar-refractivity contribution is 6.01. The second-order valence-electron chi connectivity index (χ2n) is 29.3. The normalized spacial score (nSPS) is 17.1. The Balaban J connectivity index is 1.06. The van der Waals surface area contributed by atoms with Gasteiger partial charge in [-0.05, 0) is 112 Å². The van der Waals surface area contributed by atoms with Crippen LogP contribution in [0.15, 0.2) is 85.1 Å². The molecule has 14 atom stereocenters. The second kappa shape index (κ2) is 44.7. The van der Waals surface area contributed by atoms with Gasteiger partial charge in [0.25, 0.3) is 5.91 Å². The minimum absolute atomic E-state index is 0.000433. The van der Waals surface area contributed by atoms with Crippen molar-refractivity contribution in [3.8, 4) is 5.75 Å². The smallest absolute Gasteiger partial charge is 0.326 e. The maximum absolute atomic E-state index is 14.5. The molecule has 628 valence electrons. The Bertz CT molecular complexity index is 4090. The lowest BCUT2D eigenvalue weighted by Crippen LogP contribution is -2.70. The molecule has 0 unspecified atom stereocenters. The molecule has 0 aliphatic carbocycles. The fourth-order valence-electron chi connectivity index (χ4n) is 13.2. The lowest BCUT2D eigenvalue weighted by molar-refractivity contribution is -0.402. The number of carbonyl (C=O) groups is 16. The van der Waals surface area contributed by atoms with Crippen LogP contribution in [-0.2, 0) is 96.0 Å². The fraction of sp³-hybridized carbons (Fsp3) is 0.526. The van der Waals surface area contributed by atoms with Gasteiger partial charge >= 0.3 is 5.97 Å². The number of likely N-dealkylation sites (tertiary alicyclic amines) is 2. The van der Waals surface area contributed by atoms with Gasteiger partial charge in [0, 0.05) is 49.5 Å². The van der Waals surface area contributed by atoms with Crippen LogP contribution in [0.25, 0.3) is 10.9 Å².